The van der Waals surface area contributed by atoms with E-state index in [2.05, 4.69) is 34.6 Å². The highest BCUT2D eigenvalue weighted by molar-refractivity contribution is 7.98. The molecule has 0 radical (unpaired) electrons. The number of aromatic nitrogens is 5. The molecular formula is C22H19N5OS2. The molecule has 0 saturated carbocycles. The van der Waals surface area contributed by atoms with E-state index in [1.54, 1.807) is 27.7 Å². The molecule has 0 bridgehead atoms. The lowest BCUT2D eigenvalue weighted by atomic mass is 10.2. The van der Waals surface area contributed by atoms with Gasteiger partial charge in [-0.1, -0.05) is 61.2 Å². The molecule has 2 aromatic carbocycles. The van der Waals surface area contributed by atoms with Crippen LogP contribution in [0.15, 0.2) is 69.9 Å². The Balaban J connectivity index is 1.51. The minimum atomic E-state index is -0.0177. The number of thioether (sulfide) groups is 1. The van der Waals surface area contributed by atoms with Crippen molar-refractivity contribution in [1.29, 1.82) is 0 Å². The summed E-state index contributed by atoms with van der Waals surface area (Å²) in [5, 5.41) is 13.3. The van der Waals surface area contributed by atoms with Crippen molar-refractivity contribution < 1.29 is 0 Å². The second kappa shape index (κ2) is 8.04. The summed E-state index contributed by atoms with van der Waals surface area (Å²) in [5.74, 6) is 1.28. The van der Waals surface area contributed by atoms with Gasteiger partial charge in [0.1, 0.15) is 5.01 Å². The highest BCUT2D eigenvalue weighted by Crippen LogP contribution is 2.28. The quantitative estimate of drug-likeness (QED) is 0.358. The molecular weight excluding hydrogens is 414 g/mol. The number of hydrogen-bond acceptors (Lipinski definition) is 6. The zero-order valence-electron chi connectivity index (χ0n) is 16.4. The average molecular weight is 434 g/mol. The van der Waals surface area contributed by atoms with E-state index in [0.717, 1.165) is 33.4 Å². The standard InChI is InChI=1S/C22H19N5OS2/c1-2-12-26-20(28)17-10-6-7-11-18(17)27-21(26)24-25-22(27)30-14-16-13-29-19(23-16)15-8-4-3-5-9-15/h3-11,13H,2,12,14H2,1H3. The third kappa shape index (κ3) is 3.32. The van der Waals surface area contributed by atoms with Crippen molar-refractivity contribution in [2.45, 2.75) is 30.8 Å². The van der Waals surface area contributed by atoms with Gasteiger partial charge in [0, 0.05) is 23.2 Å². The normalized spacial score (nSPS) is 11.5. The molecule has 0 aliphatic carbocycles. The molecule has 8 heteroatoms. The van der Waals surface area contributed by atoms with Crippen LogP contribution in [0.2, 0.25) is 0 Å². The number of hydrogen-bond donors (Lipinski definition) is 0. The summed E-state index contributed by atoms with van der Waals surface area (Å²) in [6, 6.07) is 17.8. The molecule has 0 fully saturated rings. The Morgan fingerprint density at radius 2 is 1.83 bits per heavy atom. The lowest BCUT2D eigenvalue weighted by Gasteiger charge is -2.10. The maximum Gasteiger partial charge on any atom is 0.262 e. The second-order valence-corrected chi connectivity index (χ2v) is 8.69. The summed E-state index contributed by atoms with van der Waals surface area (Å²) in [7, 11) is 0. The molecule has 3 aromatic heterocycles. The van der Waals surface area contributed by atoms with Crippen LogP contribution in [0, 0.1) is 0 Å². The van der Waals surface area contributed by atoms with Crippen molar-refractivity contribution in [3.63, 3.8) is 0 Å². The van der Waals surface area contributed by atoms with E-state index >= 15 is 0 Å². The lowest BCUT2D eigenvalue weighted by Crippen LogP contribution is -2.23. The van der Waals surface area contributed by atoms with Crippen LogP contribution in [-0.2, 0) is 12.3 Å². The van der Waals surface area contributed by atoms with Crippen LogP contribution < -0.4 is 5.56 Å². The van der Waals surface area contributed by atoms with Gasteiger partial charge in [-0.2, -0.15) is 0 Å². The Kier molecular flexibility index (Phi) is 5.10. The van der Waals surface area contributed by atoms with Crippen molar-refractivity contribution in [2.75, 3.05) is 0 Å². The van der Waals surface area contributed by atoms with Crippen LogP contribution in [-0.4, -0.2) is 24.1 Å². The first-order chi connectivity index (χ1) is 14.8. The smallest absolute Gasteiger partial charge is 0.262 e. The molecule has 0 aliphatic rings. The summed E-state index contributed by atoms with van der Waals surface area (Å²) < 4.78 is 3.71. The van der Waals surface area contributed by atoms with Crippen molar-refractivity contribution in [2.24, 2.45) is 0 Å². The van der Waals surface area contributed by atoms with Crippen LogP contribution in [0.1, 0.15) is 19.0 Å². The molecule has 3 heterocycles. The first kappa shape index (κ1) is 19.0. The van der Waals surface area contributed by atoms with E-state index in [-0.39, 0.29) is 5.56 Å². The molecule has 30 heavy (non-hydrogen) atoms. The van der Waals surface area contributed by atoms with E-state index in [0.29, 0.717) is 23.5 Å². The summed E-state index contributed by atoms with van der Waals surface area (Å²) >= 11 is 3.23. The topological polar surface area (TPSA) is 65.1 Å². The van der Waals surface area contributed by atoms with Crippen LogP contribution in [0.5, 0.6) is 0 Å². The van der Waals surface area contributed by atoms with Gasteiger partial charge in [0.25, 0.3) is 5.56 Å². The zero-order valence-corrected chi connectivity index (χ0v) is 18.0. The third-order valence-electron chi connectivity index (χ3n) is 4.85. The molecule has 0 amide bonds. The number of benzene rings is 2. The lowest BCUT2D eigenvalue weighted by molar-refractivity contribution is 0.662. The maximum atomic E-state index is 12.9. The highest BCUT2D eigenvalue weighted by atomic mass is 32.2. The number of para-hydroxylation sites is 1. The molecule has 0 spiro atoms. The van der Waals surface area contributed by atoms with Gasteiger partial charge in [0.05, 0.1) is 16.6 Å². The average Bonchev–Trinajstić information content (AvgIpc) is 3.43. The first-order valence-corrected chi connectivity index (χ1v) is 11.6. The fourth-order valence-electron chi connectivity index (χ4n) is 3.48. The Morgan fingerprint density at radius 3 is 2.67 bits per heavy atom. The van der Waals surface area contributed by atoms with Crippen molar-refractivity contribution in [3.8, 4) is 10.6 Å². The van der Waals surface area contributed by atoms with E-state index in [1.807, 2.05) is 46.9 Å². The van der Waals surface area contributed by atoms with Crippen LogP contribution in [0.3, 0.4) is 0 Å². The first-order valence-electron chi connectivity index (χ1n) is 9.75. The largest absolute Gasteiger partial charge is 0.276 e. The summed E-state index contributed by atoms with van der Waals surface area (Å²) in [5.41, 5.74) is 2.95. The monoisotopic (exact) mass is 433 g/mol. The van der Waals surface area contributed by atoms with Gasteiger partial charge in [-0.15, -0.1) is 21.5 Å². The Morgan fingerprint density at radius 1 is 1.03 bits per heavy atom. The molecule has 150 valence electrons. The number of thiazole rings is 1. The predicted octanol–water partition coefficient (Wildman–Crippen LogP) is 4.87. The van der Waals surface area contributed by atoms with Gasteiger partial charge in [-0.25, -0.2) is 4.98 Å². The molecule has 0 unspecified atom stereocenters. The van der Waals surface area contributed by atoms with Gasteiger partial charge in [-0.05, 0) is 18.6 Å². The van der Waals surface area contributed by atoms with Crippen molar-refractivity contribution in [1.82, 2.24) is 24.1 Å². The Labute approximate surface area is 181 Å². The maximum absolute atomic E-state index is 12.9. The van der Waals surface area contributed by atoms with Gasteiger partial charge in [-0.3, -0.25) is 13.8 Å². The molecule has 0 saturated heterocycles. The predicted molar refractivity (Wildman–Crippen MR) is 122 cm³/mol. The van der Waals surface area contributed by atoms with Gasteiger partial charge >= 0.3 is 0 Å². The fourth-order valence-corrected chi connectivity index (χ4v) is 5.24. The number of aryl methyl sites for hydroxylation is 1. The van der Waals surface area contributed by atoms with Crippen molar-refractivity contribution >= 4 is 39.8 Å². The molecule has 6 nitrogen and oxygen atoms in total. The van der Waals surface area contributed by atoms with Gasteiger partial charge in [0.15, 0.2) is 5.16 Å². The third-order valence-corrected chi connectivity index (χ3v) is 6.75. The number of fused-ring (bicyclic) bond motifs is 3. The van der Waals surface area contributed by atoms with E-state index in [9.17, 15) is 4.79 Å². The van der Waals surface area contributed by atoms with Crippen LogP contribution in [0.4, 0.5) is 0 Å². The van der Waals surface area contributed by atoms with Crippen molar-refractivity contribution in [3.05, 3.63) is 76.0 Å². The van der Waals surface area contributed by atoms with E-state index in [1.165, 1.54) is 0 Å². The van der Waals surface area contributed by atoms with Crippen LogP contribution in [0.25, 0.3) is 27.3 Å². The summed E-state index contributed by atoms with van der Waals surface area (Å²) in [4.78, 5) is 17.7. The SMILES string of the molecule is CCCn1c(=O)c2ccccc2n2c(SCc3csc(-c4ccccc4)n3)nnc12. The zero-order chi connectivity index (χ0) is 20.5. The number of rotatable bonds is 6. The molecule has 5 aromatic rings. The summed E-state index contributed by atoms with van der Waals surface area (Å²) in [6.07, 6.45) is 0.852. The van der Waals surface area contributed by atoms with E-state index < -0.39 is 0 Å². The van der Waals surface area contributed by atoms with Gasteiger partial charge < -0.3 is 0 Å². The Hall–Kier alpha value is -2.97. The molecule has 0 aliphatic heterocycles. The highest BCUT2D eigenvalue weighted by Gasteiger charge is 2.17. The molecule has 0 atom stereocenters. The second-order valence-electron chi connectivity index (χ2n) is 6.89. The minimum absolute atomic E-state index is 0.0177. The van der Waals surface area contributed by atoms with E-state index in [4.69, 9.17) is 4.98 Å². The number of nitrogens with zero attached hydrogens (tertiary/aromatic N) is 5. The van der Waals surface area contributed by atoms with Gasteiger partial charge in [0.2, 0.25) is 5.78 Å². The Bertz CT molecular complexity index is 1390. The molecule has 5 rings (SSSR count). The minimum Gasteiger partial charge on any atom is -0.276 e. The summed E-state index contributed by atoms with van der Waals surface area (Å²) in [6.45, 7) is 2.67. The molecule has 0 N–H and O–H groups in total. The fraction of sp³-hybridized carbons (Fsp3) is 0.182. The van der Waals surface area contributed by atoms with Crippen LogP contribution >= 0.6 is 23.1 Å².